The smallest absolute Gasteiger partial charge is 0.307 e. The first kappa shape index (κ1) is 16.5. The number of rotatable bonds is 5. The monoisotopic (exact) mass is 430 g/mol. The fraction of sp³-hybridized carbons (Fsp3) is 0.188. The second kappa shape index (κ2) is 7.43. The Morgan fingerprint density at radius 3 is 2.43 bits per heavy atom. The number of carboxylic acid groups (broad SMARTS) is 1. The van der Waals surface area contributed by atoms with Gasteiger partial charge in [-0.3, -0.25) is 4.79 Å². The quantitative estimate of drug-likeness (QED) is 0.692. The molecule has 0 fully saturated rings. The molecule has 0 aliphatic heterocycles. The number of benzene rings is 2. The summed E-state index contributed by atoms with van der Waals surface area (Å²) >= 11 is 12.9. The van der Waals surface area contributed by atoms with Crippen LogP contribution in [0.5, 0.6) is 0 Å². The van der Waals surface area contributed by atoms with Gasteiger partial charge < -0.3 is 5.11 Å². The average molecular weight is 433 g/mol. The van der Waals surface area contributed by atoms with E-state index in [1.54, 1.807) is 6.07 Å². The van der Waals surface area contributed by atoms with Gasteiger partial charge in [-0.15, -0.1) is 0 Å². The molecule has 1 N–H and O–H groups in total. The molecule has 0 aromatic heterocycles. The summed E-state index contributed by atoms with van der Waals surface area (Å²) in [4.78, 5) is 11.5. The average Bonchev–Trinajstić information content (AvgIpc) is 2.40. The zero-order chi connectivity index (χ0) is 15.4. The summed E-state index contributed by atoms with van der Waals surface area (Å²) in [5, 5.41) is 10.0. The summed E-state index contributed by atoms with van der Waals surface area (Å²) in [6.45, 7) is 0. The van der Waals surface area contributed by atoms with Gasteiger partial charge in [-0.2, -0.15) is 0 Å². The summed E-state index contributed by atoms with van der Waals surface area (Å²) in [5.41, 5.74) is 1.84. The number of hydrogen-bond donors (Lipinski definition) is 1. The lowest BCUT2D eigenvalue weighted by Crippen LogP contribution is -2.19. The van der Waals surface area contributed by atoms with E-state index in [2.05, 4.69) is 31.9 Å². The minimum Gasteiger partial charge on any atom is -0.481 e. The third-order valence-corrected chi connectivity index (χ3v) is 4.54. The lowest BCUT2D eigenvalue weighted by molar-refractivity contribution is -0.141. The molecule has 0 saturated carbocycles. The number of carbonyl (C=O) groups is 1. The number of hydrogen-bond acceptors (Lipinski definition) is 1. The van der Waals surface area contributed by atoms with Crippen molar-refractivity contribution in [3.63, 3.8) is 0 Å². The Morgan fingerprint density at radius 2 is 1.81 bits per heavy atom. The molecule has 1 atom stereocenters. The molecule has 2 nitrogen and oxygen atoms in total. The Balaban J connectivity index is 2.18. The van der Waals surface area contributed by atoms with Crippen LogP contribution in [0.2, 0.25) is 5.02 Å². The largest absolute Gasteiger partial charge is 0.481 e. The SMILES string of the molecule is O=C(O)C(Cc1cccc(Br)c1)Cc1ccc(Br)cc1Cl. The third kappa shape index (κ3) is 4.83. The summed E-state index contributed by atoms with van der Waals surface area (Å²) in [5.74, 6) is -1.31. The third-order valence-electron chi connectivity index (χ3n) is 3.20. The maximum atomic E-state index is 11.5. The van der Waals surface area contributed by atoms with Crippen molar-refractivity contribution in [2.24, 2.45) is 5.92 Å². The molecule has 2 aromatic carbocycles. The van der Waals surface area contributed by atoms with Crippen molar-refractivity contribution in [3.05, 3.63) is 67.6 Å². The van der Waals surface area contributed by atoms with Crippen LogP contribution in [0, 0.1) is 5.92 Å². The van der Waals surface area contributed by atoms with Crippen LogP contribution in [0.3, 0.4) is 0 Å². The second-order valence-corrected chi connectivity index (χ2v) is 7.05. The Bertz CT molecular complexity index is 658. The minimum absolute atomic E-state index is 0.411. The first-order chi connectivity index (χ1) is 9.95. The molecule has 5 heteroatoms. The predicted octanol–water partition coefficient (Wildman–Crippen LogP) is 5.35. The Hall–Kier alpha value is -0.840. The Kier molecular flexibility index (Phi) is 5.85. The zero-order valence-electron chi connectivity index (χ0n) is 11.0. The molecule has 0 heterocycles. The van der Waals surface area contributed by atoms with Gasteiger partial charge in [0.1, 0.15) is 0 Å². The standard InChI is InChI=1S/C16H13Br2ClO2/c17-13-3-1-2-10(7-13)6-12(16(20)21)8-11-4-5-14(18)9-15(11)19/h1-5,7,9,12H,6,8H2,(H,20,21). The predicted molar refractivity (Wildman–Crippen MR) is 91.8 cm³/mol. The number of aliphatic carboxylic acids is 1. The van der Waals surface area contributed by atoms with Crippen LogP contribution in [0.25, 0.3) is 0 Å². The molecule has 0 bridgehead atoms. The van der Waals surface area contributed by atoms with E-state index < -0.39 is 11.9 Å². The van der Waals surface area contributed by atoms with Gasteiger partial charge in [-0.25, -0.2) is 0 Å². The van der Waals surface area contributed by atoms with Crippen molar-refractivity contribution < 1.29 is 9.90 Å². The van der Waals surface area contributed by atoms with Gasteiger partial charge in [-0.05, 0) is 48.2 Å². The van der Waals surface area contributed by atoms with E-state index in [0.717, 1.165) is 20.1 Å². The van der Waals surface area contributed by atoms with Crippen molar-refractivity contribution in [2.45, 2.75) is 12.8 Å². The fourth-order valence-electron chi connectivity index (χ4n) is 2.15. The molecule has 0 aliphatic carbocycles. The van der Waals surface area contributed by atoms with Gasteiger partial charge in [0, 0.05) is 14.0 Å². The topological polar surface area (TPSA) is 37.3 Å². The zero-order valence-corrected chi connectivity index (χ0v) is 15.0. The highest BCUT2D eigenvalue weighted by atomic mass is 79.9. The molecule has 2 aromatic rings. The van der Waals surface area contributed by atoms with Crippen LogP contribution >= 0.6 is 43.5 Å². The normalized spacial score (nSPS) is 12.1. The van der Waals surface area contributed by atoms with Crippen molar-refractivity contribution >= 4 is 49.4 Å². The molecule has 0 saturated heterocycles. The van der Waals surface area contributed by atoms with Gasteiger partial charge in [0.2, 0.25) is 0 Å². The minimum atomic E-state index is -0.811. The van der Waals surface area contributed by atoms with E-state index in [9.17, 15) is 9.90 Å². The summed E-state index contributed by atoms with van der Waals surface area (Å²) in [6, 6.07) is 13.2. The molecular formula is C16H13Br2ClO2. The molecule has 0 amide bonds. The van der Waals surface area contributed by atoms with E-state index in [1.165, 1.54) is 0 Å². The van der Waals surface area contributed by atoms with Crippen LogP contribution in [-0.4, -0.2) is 11.1 Å². The lowest BCUT2D eigenvalue weighted by Gasteiger charge is -2.14. The highest BCUT2D eigenvalue weighted by molar-refractivity contribution is 9.10. The Morgan fingerprint density at radius 1 is 1.10 bits per heavy atom. The fourth-order valence-corrected chi connectivity index (χ4v) is 3.35. The van der Waals surface area contributed by atoms with Crippen molar-refractivity contribution in [1.29, 1.82) is 0 Å². The van der Waals surface area contributed by atoms with Gasteiger partial charge >= 0.3 is 5.97 Å². The van der Waals surface area contributed by atoms with E-state index in [1.807, 2.05) is 36.4 Å². The van der Waals surface area contributed by atoms with Crippen LogP contribution in [0.1, 0.15) is 11.1 Å². The highest BCUT2D eigenvalue weighted by Crippen LogP contribution is 2.25. The van der Waals surface area contributed by atoms with Crippen molar-refractivity contribution in [3.8, 4) is 0 Å². The number of halogens is 3. The van der Waals surface area contributed by atoms with Gasteiger partial charge in [-0.1, -0.05) is 61.7 Å². The lowest BCUT2D eigenvalue weighted by atomic mass is 9.92. The molecule has 21 heavy (non-hydrogen) atoms. The van der Waals surface area contributed by atoms with Crippen molar-refractivity contribution in [1.82, 2.24) is 0 Å². The van der Waals surface area contributed by atoms with Gasteiger partial charge in [0.05, 0.1) is 5.92 Å². The van der Waals surface area contributed by atoms with E-state index >= 15 is 0 Å². The second-order valence-electron chi connectivity index (χ2n) is 4.81. The van der Waals surface area contributed by atoms with Crippen LogP contribution in [0.4, 0.5) is 0 Å². The molecule has 0 aliphatic rings. The molecule has 1 unspecified atom stereocenters. The van der Waals surface area contributed by atoms with Crippen LogP contribution in [-0.2, 0) is 17.6 Å². The van der Waals surface area contributed by atoms with Crippen molar-refractivity contribution in [2.75, 3.05) is 0 Å². The molecule has 110 valence electrons. The maximum Gasteiger partial charge on any atom is 0.307 e. The maximum absolute atomic E-state index is 11.5. The summed E-state index contributed by atoms with van der Waals surface area (Å²) < 4.78 is 1.83. The van der Waals surface area contributed by atoms with Crippen LogP contribution in [0.15, 0.2) is 51.4 Å². The van der Waals surface area contributed by atoms with Gasteiger partial charge in [0.25, 0.3) is 0 Å². The van der Waals surface area contributed by atoms with E-state index in [0.29, 0.717) is 17.9 Å². The Labute approximate surface area is 145 Å². The molecule has 0 radical (unpaired) electrons. The first-order valence-electron chi connectivity index (χ1n) is 6.37. The summed E-state index contributed by atoms with van der Waals surface area (Å²) in [6.07, 6.45) is 0.884. The van der Waals surface area contributed by atoms with E-state index in [-0.39, 0.29) is 0 Å². The van der Waals surface area contributed by atoms with E-state index in [4.69, 9.17) is 11.6 Å². The van der Waals surface area contributed by atoms with Gasteiger partial charge in [0.15, 0.2) is 0 Å². The first-order valence-corrected chi connectivity index (χ1v) is 8.33. The van der Waals surface area contributed by atoms with Crippen LogP contribution < -0.4 is 0 Å². The molecule has 0 spiro atoms. The summed E-state index contributed by atoms with van der Waals surface area (Å²) in [7, 11) is 0. The molecular weight excluding hydrogens is 419 g/mol. The highest BCUT2D eigenvalue weighted by Gasteiger charge is 2.20. The number of carboxylic acids is 1. The molecule has 2 rings (SSSR count).